The van der Waals surface area contributed by atoms with E-state index in [1.807, 2.05) is 6.92 Å². The largest absolute Gasteiger partial charge is 0.433 e. The van der Waals surface area contributed by atoms with Crippen molar-refractivity contribution in [2.24, 2.45) is 0 Å². The summed E-state index contributed by atoms with van der Waals surface area (Å²) in [6.07, 6.45) is 2.17. The van der Waals surface area contributed by atoms with E-state index in [-0.39, 0.29) is 0 Å². The minimum Gasteiger partial charge on any atom is -0.433 e. The molecule has 1 atom stereocenters. The summed E-state index contributed by atoms with van der Waals surface area (Å²) < 4.78 is 4.35. The molecular formula is C9H16O3. The van der Waals surface area contributed by atoms with Gasteiger partial charge in [-0.15, -0.1) is 6.58 Å². The number of hydrogen-bond donors (Lipinski definition) is 1. The number of esters is 1. The predicted octanol–water partition coefficient (Wildman–Crippen LogP) is 1.64. The molecule has 0 aromatic heterocycles. The Labute approximate surface area is 73.4 Å². The Morgan fingerprint density at radius 3 is 2.33 bits per heavy atom. The highest BCUT2D eigenvalue weighted by Crippen LogP contribution is 1.92. The lowest BCUT2D eigenvalue weighted by Crippen LogP contribution is -2.14. The van der Waals surface area contributed by atoms with Crippen molar-refractivity contribution >= 4 is 5.97 Å². The second kappa shape index (κ2) is 9.91. The summed E-state index contributed by atoms with van der Waals surface area (Å²) in [4.78, 5) is 10.3. The van der Waals surface area contributed by atoms with Crippen LogP contribution in [0, 0.1) is 0 Å². The van der Waals surface area contributed by atoms with E-state index in [0.29, 0.717) is 6.42 Å². The average molecular weight is 172 g/mol. The smallest absolute Gasteiger partial charge is 0.332 e. The molecule has 0 bridgehead atoms. The van der Waals surface area contributed by atoms with Crippen molar-refractivity contribution < 1.29 is 14.6 Å². The number of aliphatic hydroxyl groups is 1. The molecule has 0 spiro atoms. The molecule has 0 aliphatic carbocycles. The SMILES string of the molecule is C=CC.C=CC(=O)OC(O)CC. The van der Waals surface area contributed by atoms with Crippen molar-refractivity contribution in [2.45, 2.75) is 26.6 Å². The van der Waals surface area contributed by atoms with Gasteiger partial charge in [-0.2, -0.15) is 0 Å². The molecule has 3 heteroatoms. The van der Waals surface area contributed by atoms with Gasteiger partial charge in [0.1, 0.15) is 0 Å². The maximum atomic E-state index is 10.3. The molecule has 0 aromatic carbocycles. The van der Waals surface area contributed by atoms with Crippen LogP contribution in [0.2, 0.25) is 0 Å². The fourth-order valence-electron chi connectivity index (χ4n) is 0.266. The lowest BCUT2D eigenvalue weighted by atomic mass is 10.5. The monoisotopic (exact) mass is 172 g/mol. The molecule has 0 aliphatic heterocycles. The summed E-state index contributed by atoms with van der Waals surface area (Å²) in [5, 5.41) is 8.67. The van der Waals surface area contributed by atoms with Crippen LogP contribution in [-0.2, 0) is 9.53 Å². The Balaban J connectivity index is 0. The van der Waals surface area contributed by atoms with Crippen LogP contribution in [0.5, 0.6) is 0 Å². The molecule has 0 saturated heterocycles. The first kappa shape index (κ1) is 13.5. The average Bonchev–Trinajstić information content (AvgIpc) is 2.05. The van der Waals surface area contributed by atoms with E-state index in [0.717, 1.165) is 6.08 Å². The summed E-state index contributed by atoms with van der Waals surface area (Å²) in [6.45, 7) is 10.1. The van der Waals surface area contributed by atoms with Crippen LogP contribution in [0.1, 0.15) is 20.3 Å². The van der Waals surface area contributed by atoms with Crippen LogP contribution in [0.4, 0.5) is 0 Å². The summed E-state index contributed by atoms with van der Waals surface area (Å²) in [5.74, 6) is -0.593. The van der Waals surface area contributed by atoms with Gasteiger partial charge < -0.3 is 9.84 Å². The number of aliphatic hydroxyl groups excluding tert-OH is 1. The van der Waals surface area contributed by atoms with Gasteiger partial charge in [0.25, 0.3) is 0 Å². The Morgan fingerprint density at radius 1 is 1.67 bits per heavy atom. The number of carbonyl (C=O) groups excluding carboxylic acids is 1. The molecule has 1 N–H and O–H groups in total. The second-order valence-corrected chi connectivity index (χ2v) is 1.91. The first-order chi connectivity index (χ1) is 5.62. The zero-order chi connectivity index (χ0) is 9.98. The fraction of sp³-hybridized carbons (Fsp3) is 0.444. The van der Waals surface area contributed by atoms with Crippen molar-refractivity contribution in [2.75, 3.05) is 0 Å². The lowest BCUT2D eigenvalue weighted by Gasteiger charge is -2.05. The maximum Gasteiger partial charge on any atom is 0.332 e. The highest BCUT2D eigenvalue weighted by atomic mass is 16.6. The van der Waals surface area contributed by atoms with Crippen molar-refractivity contribution in [3.8, 4) is 0 Å². The van der Waals surface area contributed by atoms with Crippen LogP contribution in [0.15, 0.2) is 25.3 Å². The van der Waals surface area contributed by atoms with Crippen LogP contribution in [-0.4, -0.2) is 17.4 Å². The van der Waals surface area contributed by atoms with E-state index < -0.39 is 12.3 Å². The van der Waals surface area contributed by atoms with Crippen LogP contribution in [0.3, 0.4) is 0 Å². The minimum absolute atomic E-state index is 0.402. The molecule has 0 radical (unpaired) electrons. The van der Waals surface area contributed by atoms with Crippen molar-refractivity contribution in [3.63, 3.8) is 0 Å². The van der Waals surface area contributed by atoms with Crippen LogP contribution < -0.4 is 0 Å². The third kappa shape index (κ3) is 11.7. The maximum absolute atomic E-state index is 10.3. The highest BCUT2D eigenvalue weighted by Gasteiger charge is 2.02. The zero-order valence-electron chi connectivity index (χ0n) is 7.62. The molecule has 70 valence electrons. The fourth-order valence-corrected chi connectivity index (χ4v) is 0.266. The Kier molecular flexibility index (Phi) is 11.1. The van der Waals surface area contributed by atoms with Gasteiger partial charge in [0.15, 0.2) is 0 Å². The van der Waals surface area contributed by atoms with Gasteiger partial charge in [0, 0.05) is 12.5 Å². The quantitative estimate of drug-likeness (QED) is 0.304. The number of carbonyl (C=O) groups is 1. The Hall–Kier alpha value is -1.09. The number of hydrogen-bond acceptors (Lipinski definition) is 3. The molecule has 0 aliphatic rings. The topological polar surface area (TPSA) is 46.5 Å². The van der Waals surface area contributed by atoms with E-state index in [1.165, 1.54) is 0 Å². The number of ether oxygens (including phenoxy) is 1. The molecule has 0 amide bonds. The van der Waals surface area contributed by atoms with E-state index >= 15 is 0 Å². The summed E-state index contributed by atoms with van der Waals surface area (Å²) in [6, 6.07) is 0. The molecular weight excluding hydrogens is 156 g/mol. The van der Waals surface area contributed by atoms with Gasteiger partial charge in [0.2, 0.25) is 6.29 Å². The Morgan fingerprint density at radius 2 is 2.08 bits per heavy atom. The summed E-state index contributed by atoms with van der Waals surface area (Å²) in [5.41, 5.74) is 0. The first-order valence-electron chi connectivity index (χ1n) is 3.70. The summed E-state index contributed by atoms with van der Waals surface area (Å²) >= 11 is 0. The van der Waals surface area contributed by atoms with E-state index in [9.17, 15) is 4.79 Å². The minimum atomic E-state index is -0.990. The summed E-state index contributed by atoms with van der Waals surface area (Å²) in [7, 11) is 0. The lowest BCUT2D eigenvalue weighted by molar-refractivity contribution is -0.161. The Bertz CT molecular complexity index is 141. The van der Waals surface area contributed by atoms with Crippen molar-refractivity contribution in [1.82, 2.24) is 0 Å². The van der Waals surface area contributed by atoms with Gasteiger partial charge in [-0.3, -0.25) is 0 Å². The van der Waals surface area contributed by atoms with E-state index in [4.69, 9.17) is 5.11 Å². The molecule has 3 nitrogen and oxygen atoms in total. The molecule has 1 unspecified atom stereocenters. The molecule has 12 heavy (non-hydrogen) atoms. The van der Waals surface area contributed by atoms with E-state index in [2.05, 4.69) is 17.9 Å². The molecule has 0 fully saturated rings. The van der Waals surface area contributed by atoms with Crippen LogP contribution >= 0.6 is 0 Å². The number of allylic oxidation sites excluding steroid dienone is 1. The predicted molar refractivity (Wildman–Crippen MR) is 48.5 cm³/mol. The third-order valence-electron chi connectivity index (χ3n) is 0.768. The van der Waals surface area contributed by atoms with E-state index in [1.54, 1.807) is 13.0 Å². The molecule has 0 saturated carbocycles. The molecule has 0 heterocycles. The van der Waals surface area contributed by atoms with Crippen molar-refractivity contribution in [1.29, 1.82) is 0 Å². The molecule has 0 rings (SSSR count). The first-order valence-corrected chi connectivity index (χ1v) is 3.70. The second-order valence-electron chi connectivity index (χ2n) is 1.91. The standard InChI is InChI=1S/C6H10O3.C3H6/c1-3-5(7)9-6(8)4-2;1-3-2/h3,6,8H,1,4H2,2H3;3H,1H2,2H3. The van der Waals surface area contributed by atoms with Gasteiger partial charge in [-0.1, -0.05) is 19.6 Å². The normalized spacial score (nSPS) is 10.2. The van der Waals surface area contributed by atoms with Gasteiger partial charge >= 0.3 is 5.97 Å². The van der Waals surface area contributed by atoms with Crippen LogP contribution in [0.25, 0.3) is 0 Å². The van der Waals surface area contributed by atoms with Gasteiger partial charge in [0.05, 0.1) is 0 Å². The molecule has 0 aromatic rings. The van der Waals surface area contributed by atoms with Gasteiger partial charge in [-0.05, 0) is 6.92 Å². The highest BCUT2D eigenvalue weighted by molar-refractivity contribution is 5.81. The number of rotatable bonds is 3. The van der Waals surface area contributed by atoms with Gasteiger partial charge in [-0.25, -0.2) is 4.79 Å². The zero-order valence-corrected chi connectivity index (χ0v) is 7.62. The van der Waals surface area contributed by atoms with Crippen molar-refractivity contribution in [3.05, 3.63) is 25.3 Å². The third-order valence-corrected chi connectivity index (χ3v) is 0.768.